The highest BCUT2D eigenvalue weighted by Crippen LogP contribution is 2.34. The van der Waals surface area contributed by atoms with Crippen molar-refractivity contribution in [1.29, 1.82) is 0 Å². The van der Waals surface area contributed by atoms with Crippen molar-refractivity contribution in [2.75, 3.05) is 33.2 Å². The van der Waals surface area contributed by atoms with E-state index in [1.165, 1.54) is 0 Å². The van der Waals surface area contributed by atoms with E-state index in [1.807, 2.05) is 6.07 Å². The molecular weight excluding hydrogens is 314 g/mol. The Hall–Kier alpha value is -2.90. The number of ether oxygens (including phenoxy) is 3. The fourth-order valence-electron chi connectivity index (χ4n) is 2.18. The average molecular weight is 335 g/mol. The number of hydrogen-bond acceptors (Lipinski definition) is 6. The van der Waals surface area contributed by atoms with Gasteiger partial charge >= 0.3 is 6.03 Å². The van der Waals surface area contributed by atoms with Crippen molar-refractivity contribution in [3.05, 3.63) is 29.5 Å². The number of methoxy groups -OCH3 is 3. The van der Waals surface area contributed by atoms with Crippen LogP contribution in [0.25, 0.3) is 0 Å². The van der Waals surface area contributed by atoms with Gasteiger partial charge in [0.1, 0.15) is 11.5 Å². The van der Waals surface area contributed by atoms with E-state index in [2.05, 4.69) is 15.8 Å². The second kappa shape index (κ2) is 8.09. The first-order chi connectivity index (χ1) is 11.6. The molecule has 0 bridgehead atoms. The van der Waals surface area contributed by atoms with Gasteiger partial charge in [0.15, 0.2) is 17.3 Å². The number of rotatable bonds is 7. The predicted molar refractivity (Wildman–Crippen MR) is 88.1 cm³/mol. The lowest BCUT2D eigenvalue weighted by Gasteiger charge is -2.14. The smallest absolute Gasteiger partial charge is 0.320 e. The molecule has 24 heavy (non-hydrogen) atoms. The van der Waals surface area contributed by atoms with Crippen LogP contribution in [0.15, 0.2) is 22.7 Å². The van der Waals surface area contributed by atoms with Crippen LogP contribution in [-0.4, -0.2) is 39.1 Å². The monoisotopic (exact) mass is 335 g/mol. The van der Waals surface area contributed by atoms with Crippen LogP contribution in [0.2, 0.25) is 0 Å². The number of aryl methyl sites for hydroxylation is 1. The zero-order valence-electron chi connectivity index (χ0n) is 14.1. The maximum Gasteiger partial charge on any atom is 0.320 e. The van der Waals surface area contributed by atoms with Crippen LogP contribution < -0.4 is 24.8 Å². The Balaban J connectivity index is 1.94. The number of nitrogens with one attached hydrogen (secondary N) is 2. The fraction of sp³-hybridized carbons (Fsp3) is 0.375. The molecule has 0 saturated carbocycles. The largest absolute Gasteiger partial charge is 0.496 e. The number of urea groups is 1. The molecule has 8 nitrogen and oxygen atoms in total. The molecule has 1 aromatic heterocycles. The molecular formula is C16H21N3O5. The molecule has 0 aliphatic carbocycles. The van der Waals surface area contributed by atoms with E-state index in [1.54, 1.807) is 40.4 Å². The number of anilines is 1. The maximum absolute atomic E-state index is 11.8. The Labute approximate surface area is 140 Å². The lowest BCUT2D eigenvalue weighted by atomic mass is 10.1. The summed E-state index contributed by atoms with van der Waals surface area (Å²) in [5.41, 5.74) is 0.896. The molecule has 2 N–H and O–H groups in total. The molecule has 0 unspecified atom stereocenters. The fourth-order valence-corrected chi connectivity index (χ4v) is 2.18. The third-order valence-corrected chi connectivity index (χ3v) is 3.34. The number of aromatic nitrogens is 1. The van der Waals surface area contributed by atoms with Crippen molar-refractivity contribution in [3.63, 3.8) is 0 Å². The summed E-state index contributed by atoms with van der Waals surface area (Å²) < 4.78 is 20.8. The molecule has 0 spiro atoms. The summed E-state index contributed by atoms with van der Waals surface area (Å²) in [6, 6.07) is 4.87. The second-order valence-corrected chi connectivity index (χ2v) is 4.97. The van der Waals surface area contributed by atoms with Gasteiger partial charge in [0.25, 0.3) is 0 Å². The molecule has 0 fully saturated rings. The predicted octanol–water partition coefficient (Wildman–Crippen LogP) is 2.37. The Morgan fingerprint density at radius 3 is 2.33 bits per heavy atom. The van der Waals surface area contributed by atoms with Gasteiger partial charge in [-0.1, -0.05) is 5.16 Å². The summed E-state index contributed by atoms with van der Waals surface area (Å²) in [6.07, 6.45) is 0.564. The van der Waals surface area contributed by atoms with Gasteiger partial charge in [0.2, 0.25) is 0 Å². The molecule has 0 aliphatic heterocycles. The molecule has 130 valence electrons. The molecule has 2 rings (SSSR count). The van der Waals surface area contributed by atoms with Gasteiger partial charge in [0.05, 0.1) is 21.3 Å². The van der Waals surface area contributed by atoms with Crippen molar-refractivity contribution in [2.45, 2.75) is 13.3 Å². The number of carbonyl (C=O) groups is 1. The first kappa shape index (κ1) is 17.5. The summed E-state index contributed by atoms with van der Waals surface area (Å²) in [4.78, 5) is 11.8. The molecule has 8 heteroatoms. The van der Waals surface area contributed by atoms with Gasteiger partial charge in [-0.3, -0.25) is 5.32 Å². The second-order valence-electron chi connectivity index (χ2n) is 4.97. The number of hydrogen-bond donors (Lipinski definition) is 2. The van der Waals surface area contributed by atoms with E-state index in [4.69, 9.17) is 18.7 Å². The summed E-state index contributed by atoms with van der Waals surface area (Å²) in [6.45, 7) is 2.16. The Bertz CT molecular complexity index is 699. The minimum absolute atomic E-state index is 0.359. The van der Waals surface area contributed by atoms with Crippen molar-refractivity contribution in [1.82, 2.24) is 10.5 Å². The standard InChI is InChI=1S/C16H21N3O5/c1-10-7-15(19-24-10)18-16(20)17-6-5-11-8-13(22-3)14(23-4)9-12(11)21-2/h7-9H,5-6H2,1-4H3,(H2,17,18,19,20). The number of carbonyl (C=O) groups excluding carboxylic acids is 1. The Kier molecular flexibility index (Phi) is 5.89. The molecule has 1 aromatic carbocycles. The van der Waals surface area contributed by atoms with Crippen LogP contribution in [0.3, 0.4) is 0 Å². The molecule has 0 atom stereocenters. The van der Waals surface area contributed by atoms with Crippen molar-refractivity contribution in [3.8, 4) is 17.2 Å². The zero-order chi connectivity index (χ0) is 17.5. The van der Waals surface area contributed by atoms with Crippen LogP contribution >= 0.6 is 0 Å². The Morgan fingerprint density at radius 2 is 1.75 bits per heavy atom. The molecule has 0 saturated heterocycles. The first-order valence-electron chi connectivity index (χ1n) is 7.34. The van der Waals surface area contributed by atoms with Gasteiger partial charge in [-0.15, -0.1) is 0 Å². The van der Waals surface area contributed by atoms with E-state index in [9.17, 15) is 4.79 Å². The van der Waals surface area contributed by atoms with Crippen LogP contribution in [0.1, 0.15) is 11.3 Å². The van der Waals surface area contributed by atoms with Gasteiger partial charge in [-0.05, 0) is 25.0 Å². The lowest BCUT2D eigenvalue weighted by molar-refractivity contribution is 0.252. The quantitative estimate of drug-likeness (QED) is 0.807. The van der Waals surface area contributed by atoms with Gasteiger partial charge in [-0.2, -0.15) is 0 Å². The van der Waals surface area contributed by atoms with Gasteiger partial charge < -0.3 is 24.1 Å². The van der Waals surface area contributed by atoms with Crippen molar-refractivity contribution in [2.24, 2.45) is 0 Å². The van der Waals surface area contributed by atoms with Crippen LogP contribution in [0.4, 0.5) is 10.6 Å². The zero-order valence-corrected chi connectivity index (χ0v) is 14.1. The van der Waals surface area contributed by atoms with Crippen molar-refractivity contribution >= 4 is 11.8 Å². The van der Waals surface area contributed by atoms with Crippen LogP contribution in [0, 0.1) is 6.92 Å². The highest BCUT2D eigenvalue weighted by atomic mass is 16.5. The number of amides is 2. The minimum Gasteiger partial charge on any atom is -0.496 e. The van der Waals surface area contributed by atoms with E-state index >= 15 is 0 Å². The molecule has 0 radical (unpaired) electrons. The molecule has 0 aliphatic rings. The highest BCUT2D eigenvalue weighted by molar-refractivity contribution is 5.88. The molecule has 1 heterocycles. The Morgan fingerprint density at radius 1 is 1.08 bits per heavy atom. The summed E-state index contributed by atoms with van der Waals surface area (Å²) in [5, 5.41) is 9.03. The third-order valence-electron chi connectivity index (χ3n) is 3.34. The van der Waals surface area contributed by atoms with Gasteiger partial charge in [0, 0.05) is 18.7 Å². The van der Waals surface area contributed by atoms with E-state index in [0.29, 0.717) is 41.8 Å². The summed E-state index contributed by atoms with van der Waals surface area (Å²) >= 11 is 0. The average Bonchev–Trinajstić information content (AvgIpc) is 2.98. The third kappa shape index (κ3) is 4.31. The maximum atomic E-state index is 11.8. The summed E-state index contributed by atoms with van der Waals surface area (Å²) in [7, 11) is 4.71. The van der Waals surface area contributed by atoms with Crippen LogP contribution in [0.5, 0.6) is 17.2 Å². The highest BCUT2D eigenvalue weighted by Gasteiger charge is 2.12. The van der Waals surface area contributed by atoms with E-state index in [0.717, 1.165) is 5.56 Å². The normalized spacial score (nSPS) is 10.2. The van der Waals surface area contributed by atoms with E-state index in [-0.39, 0.29) is 6.03 Å². The summed E-state index contributed by atoms with van der Waals surface area (Å²) in [5.74, 6) is 2.86. The van der Waals surface area contributed by atoms with Gasteiger partial charge in [-0.25, -0.2) is 4.79 Å². The van der Waals surface area contributed by atoms with Crippen molar-refractivity contribution < 1.29 is 23.5 Å². The SMILES string of the molecule is COc1cc(OC)c(OC)cc1CCNC(=O)Nc1cc(C)on1. The topological polar surface area (TPSA) is 94.8 Å². The van der Waals surface area contributed by atoms with E-state index < -0.39 is 0 Å². The van der Waals surface area contributed by atoms with Crippen LogP contribution in [-0.2, 0) is 6.42 Å². The first-order valence-corrected chi connectivity index (χ1v) is 7.34. The number of nitrogens with zero attached hydrogens (tertiary/aromatic N) is 1. The molecule has 2 amide bonds. The minimum atomic E-state index is -0.359. The number of benzene rings is 1. The lowest BCUT2D eigenvalue weighted by Crippen LogP contribution is -2.30. The molecule has 2 aromatic rings.